The minimum atomic E-state index is -0.217. The number of hydrogen-bond acceptors (Lipinski definition) is 3. The molecule has 0 bridgehead atoms. The molecule has 0 aliphatic carbocycles. The molecule has 0 aliphatic heterocycles. The largest absolute Gasteiger partial charge is 0.497 e. The molecule has 0 heterocycles. The number of rotatable bonds is 6. The van der Waals surface area contributed by atoms with Crippen molar-refractivity contribution in [1.82, 2.24) is 10.6 Å². The SMILES string of the molecule is COc1ccc2cc(CNC(=O)NCc3ccccc3OC)ccc2c1. The molecule has 134 valence electrons. The van der Waals surface area contributed by atoms with E-state index in [1.807, 2.05) is 54.6 Å². The number of urea groups is 1. The Bertz CT molecular complexity index is 909. The van der Waals surface area contributed by atoms with Gasteiger partial charge in [0.25, 0.3) is 0 Å². The molecular weight excluding hydrogens is 328 g/mol. The summed E-state index contributed by atoms with van der Waals surface area (Å²) in [7, 11) is 3.28. The Hall–Kier alpha value is -3.21. The van der Waals surface area contributed by atoms with Gasteiger partial charge in [0.05, 0.1) is 14.2 Å². The lowest BCUT2D eigenvalue weighted by molar-refractivity contribution is 0.240. The van der Waals surface area contributed by atoms with Gasteiger partial charge in [0.15, 0.2) is 0 Å². The Balaban J connectivity index is 1.56. The van der Waals surface area contributed by atoms with E-state index in [0.29, 0.717) is 13.1 Å². The van der Waals surface area contributed by atoms with Crippen LogP contribution in [-0.4, -0.2) is 20.3 Å². The molecule has 2 N–H and O–H groups in total. The van der Waals surface area contributed by atoms with Crippen LogP contribution in [0.1, 0.15) is 11.1 Å². The van der Waals surface area contributed by atoms with Crippen molar-refractivity contribution in [3.05, 3.63) is 71.8 Å². The fraction of sp³-hybridized carbons (Fsp3) is 0.190. The van der Waals surface area contributed by atoms with Crippen molar-refractivity contribution >= 4 is 16.8 Å². The molecule has 3 aromatic rings. The van der Waals surface area contributed by atoms with E-state index in [1.165, 1.54) is 0 Å². The van der Waals surface area contributed by atoms with Crippen molar-refractivity contribution in [1.29, 1.82) is 0 Å². The molecule has 5 heteroatoms. The van der Waals surface area contributed by atoms with Gasteiger partial charge in [-0.15, -0.1) is 0 Å². The summed E-state index contributed by atoms with van der Waals surface area (Å²) < 4.78 is 10.5. The smallest absolute Gasteiger partial charge is 0.315 e. The number of carbonyl (C=O) groups is 1. The second kappa shape index (κ2) is 8.25. The summed E-state index contributed by atoms with van der Waals surface area (Å²) in [6.07, 6.45) is 0. The van der Waals surface area contributed by atoms with E-state index in [4.69, 9.17) is 9.47 Å². The number of fused-ring (bicyclic) bond motifs is 1. The number of methoxy groups -OCH3 is 2. The number of carbonyl (C=O) groups excluding carboxylic acids is 1. The van der Waals surface area contributed by atoms with E-state index in [9.17, 15) is 4.79 Å². The summed E-state index contributed by atoms with van der Waals surface area (Å²) in [5, 5.41) is 7.94. The third-order valence-electron chi connectivity index (χ3n) is 4.20. The summed E-state index contributed by atoms with van der Waals surface area (Å²) >= 11 is 0. The molecule has 3 rings (SSSR count). The lowest BCUT2D eigenvalue weighted by atomic mass is 10.1. The highest BCUT2D eigenvalue weighted by molar-refractivity contribution is 5.84. The quantitative estimate of drug-likeness (QED) is 0.710. The van der Waals surface area contributed by atoms with E-state index >= 15 is 0 Å². The molecule has 0 fully saturated rings. The number of ether oxygens (including phenoxy) is 2. The second-order valence-corrected chi connectivity index (χ2v) is 5.90. The topological polar surface area (TPSA) is 59.6 Å². The zero-order valence-corrected chi connectivity index (χ0v) is 14.9. The van der Waals surface area contributed by atoms with Crippen LogP contribution in [0, 0.1) is 0 Å². The highest BCUT2D eigenvalue weighted by Crippen LogP contribution is 2.22. The molecule has 0 spiro atoms. The Morgan fingerprint density at radius 2 is 1.58 bits per heavy atom. The molecule has 0 atom stereocenters. The van der Waals surface area contributed by atoms with E-state index in [2.05, 4.69) is 16.7 Å². The maximum absolute atomic E-state index is 12.1. The highest BCUT2D eigenvalue weighted by Gasteiger charge is 2.05. The molecular formula is C21H22N2O3. The third kappa shape index (κ3) is 4.25. The lowest BCUT2D eigenvalue weighted by Crippen LogP contribution is -2.34. The van der Waals surface area contributed by atoms with Gasteiger partial charge in [-0.1, -0.05) is 36.4 Å². The van der Waals surface area contributed by atoms with Gasteiger partial charge in [-0.05, 0) is 40.6 Å². The first-order valence-electron chi connectivity index (χ1n) is 8.40. The van der Waals surface area contributed by atoms with Crippen LogP contribution in [0.5, 0.6) is 11.5 Å². The summed E-state index contributed by atoms with van der Waals surface area (Å²) in [5.74, 6) is 1.59. The van der Waals surface area contributed by atoms with Gasteiger partial charge in [0.1, 0.15) is 11.5 Å². The number of hydrogen-bond donors (Lipinski definition) is 2. The first kappa shape index (κ1) is 17.6. The van der Waals surface area contributed by atoms with Gasteiger partial charge in [-0.3, -0.25) is 0 Å². The van der Waals surface area contributed by atoms with Crippen LogP contribution in [0.25, 0.3) is 10.8 Å². The van der Waals surface area contributed by atoms with Crippen LogP contribution in [-0.2, 0) is 13.1 Å². The molecule has 0 aromatic heterocycles. The van der Waals surface area contributed by atoms with Crippen molar-refractivity contribution in [2.45, 2.75) is 13.1 Å². The molecule has 5 nitrogen and oxygen atoms in total. The fourth-order valence-electron chi connectivity index (χ4n) is 2.78. The van der Waals surface area contributed by atoms with Gasteiger partial charge in [0, 0.05) is 18.7 Å². The molecule has 0 unspecified atom stereocenters. The van der Waals surface area contributed by atoms with E-state index in [0.717, 1.165) is 33.4 Å². The van der Waals surface area contributed by atoms with E-state index < -0.39 is 0 Å². The standard InChI is InChI=1S/C21H22N2O3/c1-25-19-10-9-16-11-15(7-8-17(16)12-19)13-22-21(24)23-14-18-5-3-4-6-20(18)26-2/h3-12H,13-14H2,1-2H3,(H2,22,23,24). The van der Waals surface area contributed by atoms with Crippen LogP contribution >= 0.6 is 0 Å². The first-order chi connectivity index (χ1) is 12.7. The lowest BCUT2D eigenvalue weighted by Gasteiger charge is -2.11. The molecule has 0 radical (unpaired) electrons. The monoisotopic (exact) mass is 350 g/mol. The van der Waals surface area contributed by atoms with Crippen LogP contribution in [0.15, 0.2) is 60.7 Å². The predicted octanol–water partition coefficient (Wildman–Crippen LogP) is 3.86. The van der Waals surface area contributed by atoms with Crippen LogP contribution in [0.4, 0.5) is 4.79 Å². The normalized spacial score (nSPS) is 10.4. The molecule has 2 amide bonds. The number of benzene rings is 3. The Kier molecular flexibility index (Phi) is 5.59. The number of amides is 2. The molecule has 26 heavy (non-hydrogen) atoms. The third-order valence-corrected chi connectivity index (χ3v) is 4.20. The van der Waals surface area contributed by atoms with Gasteiger partial charge in [0.2, 0.25) is 0 Å². The van der Waals surface area contributed by atoms with Gasteiger partial charge in [-0.2, -0.15) is 0 Å². The Morgan fingerprint density at radius 1 is 0.846 bits per heavy atom. The summed E-state index contributed by atoms with van der Waals surface area (Å²) in [5.41, 5.74) is 1.97. The highest BCUT2D eigenvalue weighted by atomic mass is 16.5. The van der Waals surface area contributed by atoms with Gasteiger partial charge < -0.3 is 20.1 Å². The zero-order valence-electron chi connectivity index (χ0n) is 14.9. The maximum atomic E-state index is 12.1. The van der Waals surface area contributed by atoms with E-state index in [1.54, 1.807) is 14.2 Å². The minimum absolute atomic E-state index is 0.217. The second-order valence-electron chi connectivity index (χ2n) is 5.90. The average Bonchev–Trinajstić information content (AvgIpc) is 2.70. The molecule has 3 aromatic carbocycles. The van der Waals surface area contributed by atoms with Crippen LogP contribution in [0.2, 0.25) is 0 Å². The zero-order chi connectivity index (χ0) is 18.4. The number of nitrogens with one attached hydrogen (secondary N) is 2. The van der Waals surface area contributed by atoms with Gasteiger partial charge in [-0.25, -0.2) is 4.79 Å². The summed E-state index contributed by atoms with van der Waals surface area (Å²) in [6, 6.07) is 19.4. The van der Waals surface area contributed by atoms with Crippen molar-refractivity contribution in [2.24, 2.45) is 0 Å². The average molecular weight is 350 g/mol. The first-order valence-corrected chi connectivity index (χ1v) is 8.40. The Labute approximate surface area is 152 Å². The fourth-order valence-corrected chi connectivity index (χ4v) is 2.78. The summed E-state index contributed by atoms with van der Waals surface area (Å²) in [4.78, 5) is 12.1. The van der Waals surface area contributed by atoms with Gasteiger partial charge >= 0.3 is 6.03 Å². The van der Waals surface area contributed by atoms with E-state index in [-0.39, 0.29) is 6.03 Å². The minimum Gasteiger partial charge on any atom is -0.497 e. The molecule has 0 saturated carbocycles. The summed E-state index contributed by atoms with van der Waals surface area (Å²) in [6.45, 7) is 0.868. The van der Waals surface area contributed by atoms with Crippen LogP contribution in [0.3, 0.4) is 0 Å². The number of para-hydroxylation sites is 1. The van der Waals surface area contributed by atoms with Crippen molar-refractivity contribution < 1.29 is 14.3 Å². The molecule has 0 aliphatic rings. The van der Waals surface area contributed by atoms with Crippen molar-refractivity contribution in [3.63, 3.8) is 0 Å². The Morgan fingerprint density at radius 3 is 2.38 bits per heavy atom. The predicted molar refractivity (Wildman–Crippen MR) is 103 cm³/mol. The van der Waals surface area contributed by atoms with Crippen LogP contribution < -0.4 is 20.1 Å². The van der Waals surface area contributed by atoms with Crippen molar-refractivity contribution in [2.75, 3.05) is 14.2 Å². The maximum Gasteiger partial charge on any atom is 0.315 e. The molecule has 0 saturated heterocycles. The van der Waals surface area contributed by atoms with Crippen molar-refractivity contribution in [3.8, 4) is 11.5 Å².